The largest absolute Gasteiger partial charge is 0.456 e. The lowest BCUT2D eigenvalue weighted by atomic mass is 10.0. The van der Waals surface area contributed by atoms with Gasteiger partial charge in [-0.05, 0) is 23.3 Å². The minimum absolute atomic E-state index is 0.0572. The summed E-state index contributed by atoms with van der Waals surface area (Å²) >= 11 is 0. The first-order valence-electron chi connectivity index (χ1n) is 9.38. The Labute approximate surface area is 177 Å². The Morgan fingerprint density at radius 2 is 0.935 bits per heavy atom. The summed E-state index contributed by atoms with van der Waals surface area (Å²) in [5.41, 5.74) is 2.49. The van der Waals surface area contributed by atoms with Gasteiger partial charge in [-0.25, -0.2) is 0 Å². The van der Waals surface area contributed by atoms with Crippen LogP contribution in [-0.4, -0.2) is 9.85 Å². The Morgan fingerprint density at radius 1 is 0.548 bits per heavy atom. The monoisotopic (exact) mass is 412 g/mol. The summed E-state index contributed by atoms with van der Waals surface area (Å²) in [6, 6.07) is 27.1. The lowest BCUT2D eigenvalue weighted by Crippen LogP contribution is -1.95. The lowest BCUT2D eigenvalue weighted by molar-refractivity contribution is -0.385. The molecule has 0 N–H and O–H groups in total. The molecule has 0 heterocycles. The summed E-state index contributed by atoms with van der Waals surface area (Å²) in [6.07, 6.45) is 0. The molecule has 0 bridgehead atoms. The van der Waals surface area contributed by atoms with Crippen LogP contribution in [0.15, 0.2) is 97.1 Å². The summed E-state index contributed by atoms with van der Waals surface area (Å²) < 4.78 is 6.17. The van der Waals surface area contributed by atoms with E-state index in [9.17, 15) is 20.2 Å². The van der Waals surface area contributed by atoms with Crippen molar-refractivity contribution in [1.29, 1.82) is 0 Å². The third-order valence-corrected chi connectivity index (χ3v) is 4.74. The number of non-ortho nitro benzene ring substituents is 2. The maximum absolute atomic E-state index is 11.3. The highest BCUT2D eigenvalue weighted by Gasteiger charge is 2.18. The molecule has 4 aromatic carbocycles. The molecule has 0 saturated heterocycles. The normalized spacial score (nSPS) is 10.5. The number of hydrogen-bond acceptors (Lipinski definition) is 5. The highest BCUT2D eigenvalue weighted by atomic mass is 16.6. The minimum Gasteiger partial charge on any atom is -0.456 e. The second kappa shape index (κ2) is 8.46. The van der Waals surface area contributed by atoms with Crippen molar-refractivity contribution in [3.8, 4) is 33.8 Å². The van der Waals surface area contributed by atoms with Crippen molar-refractivity contribution in [2.45, 2.75) is 0 Å². The van der Waals surface area contributed by atoms with Crippen LogP contribution in [0.1, 0.15) is 0 Å². The van der Waals surface area contributed by atoms with Gasteiger partial charge in [0.15, 0.2) is 0 Å². The average Bonchev–Trinajstić information content (AvgIpc) is 2.80. The molecule has 0 unspecified atom stereocenters. The molecule has 7 heteroatoms. The van der Waals surface area contributed by atoms with Crippen molar-refractivity contribution < 1.29 is 14.6 Å². The average molecular weight is 412 g/mol. The number of benzene rings is 4. The van der Waals surface area contributed by atoms with E-state index in [-0.39, 0.29) is 11.4 Å². The molecule has 0 aliphatic carbocycles. The highest BCUT2D eigenvalue weighted by molar-refractivity contribution is 5.76. The Bertz CT molecular complexity index is 1160. The van der Waals surface area contributed by atoms with Gasteiger partial charge >= 0.3 is 0 Å². The van der Waals surface area contributed by atoms with Crippen molar-refractivity contribution in [1.82, 2.24) is 0 Å². The third-order valence-electron chi connectivity index (χ3n) is 4.74. The van der Waals surface area contributed by atoms with Crippen LogP contribution >= 0.6 is 0 Å². The quantitative estimate of drug-likeness (QED) is 0.262. The van der Waals surface area contributed by atoms with E-state index < -0.39 is 9.85 Å². The lowest BCUT2D eigenvalue weighted by Gasteiger charge is -2.15. The van der Waals surface area contributed by atoms with E-state index in [1.165, 1.54) is 36.4 Å². The van der Waals surface area contributed by atoms with Gasteiger partial charge in [0.05, 0.1) is 9.85 Å². The van der Waals surface area contributed by atoms with E-state index in [0.717, 1.165) is 11.1 Å². The van der Waals surface area contributed by atoms with Gasteiger partial charge in [0, 0.05) is 35.4 Å². The molecule has 0 atom stereocenters. The second-order valence-electron chi connectivity index (χ2n) is 6.71. The first kappa shape index (κ1) is 19.8. The molecule has 31 heavy (non-hydrogen) atoms. The molecule has 4 aromatic rings. The number of nitro groups is 2. The first-order chi connectivity index (χ1) is 15.0. The third kappa shape index (κ3) is 4.25. The van der Waals surface area contributed by atoms with E-state index in [1.807, 2.05) is 60.7 Å². The molecule has 0 aliphatic rings. The predicted molar refractivity (Wildman–Crippen MR) is 117 cm³/mol. The maximum Gasteiger partial charge on any atom is 0.270 e. The van der Waals surface area contributed by atoms with Gasteiger partial charge in [0.25, 0.3) is 11.4 Å². The minimum atomic E-state index is -0.461. The molecule has 152 valence electrons. The molecule has 0 radical (unpaired) electrons. The van der Waals surface area contributed by atoms with Crippen molar-refractivity contribution >= 4 is 11.4 Å². The van der Waals surface area contributed by atoms with Gasteiger partial charge in [-0.1, -0.05) is 60.7 Å². The van der Waals surface area contributed by atoms with Crippen LogP contribution in [0.5, 0.6) is 11.5 Å². The fourth-order valence-corrected chi connectivity index (χ4v) is 3.25. The summed E-state index contributed by atoms with van der Waals surface area (Å²) in [5.74, 6) is 0.811. The number of ether oxygens (including phenoxy) is 1. The summed E-state index contributed by atoms with van der Waals surface area (Å²) in [4.78, 5) is 21.7. The van der Waals surface area contributed by atoms with Crippen molar-refractivity contribution in [2.24, 2.45) is 0 Å². The summed E-state index contributed by atoms with van der Waals surface area (Å²) in [5, 5.41) is 22.6. The molecule has 0 aliphatic heterocycles. The molecular formula is C24H16N2O5. The molecule has 0 saturated carbocycles. The zero-order valence-corrected chi connectivity index (χ0v) is 16.2. The van der Waals surface area contributed by atoms with Gasteiger partial charge in [0.2, 0.25) is 0 Å². The topological polar surface area (TPSA) is 95.5 Å². The van der Waals surface area contributed by atoms with Crippen molar-refractivity contribution in [3.63, 3.8) is 0 Å². The van der Waals surface area contributed by atoms with Gasteiger partial charge < -0.3 is 4.74 Å². The summed E-state index contributed by atoms with van der Waals surface area (Å²) in [6.45, 7) is 0. The Balaban J connectivity index is 1.84. The fraction of sp³-hybridized carbons (Fsp3) is 0. The molecule has 0 amide bonds. The van der Waals surface area contributed by atoms with E-state index in [1.54, 1.807) is 0 Å². The van der Waals surface area contributed by atoms with Gasteiger partial charge in [-0.15, -0.1) is 0 Å². The van der Waals surface area contributed by atoms with Crippen LogP contribution in [0.2, 0.25) is 0 Å². The number of rotatable bonds is 6. The Kier molecular flexibility index (Phi) is 5.40. The van der Waals surface area contributed by atoms with Crippen LogP contribution in [0.3, 0.4) is 0 Å². The zero-order valence-electron chi connectivity index (χ0n) is 16.2. The molecular weight excluding hydrogens is 396 g/mol. The van der Waals surface area contributed by atoms with E-state index in [2.05, 4.69) is 0 Å². The van der Waals surface area contributed by atoms with Crippen LogP contribution < -0.4 is 4.74 Å². The zero-order chi connectivity index (χ0) is 21.8. The van der Waals surface area contributed by atoms with Crippen LogP contribution in [0, 0.1) is 20.2 Å². The van der Waals surface area contributed by atoms with Crippen LogP contribution in [-0.2, 0) is 0 Å². The smallest absolute Gasteiger partial charge is 0.270 e. The van der Waals surface area contributed by atoms with Crippen molar-refractivity contribution in [2.75, 3.05) is 0 Å². The van der Waals surface area contributed by atoms with Gasteiger partial charge in [0.1, 0.15) is 11.5 Å². The molecule has 4 rings (SSSR count). The summed E-state index contributed by atoms with van der Waals surface area (Å²) in [7, 11) is 0. The SMILES string of the molecule is O=[N+]([O-])c1ccc(Oc2ccc([N+](=O)[O-])cc2-c2ccccc2)c(-c2ccccc2)c1. The highest BCUT2D eigenvalue weighted by Crippen LogP contribution is 2.40. The van der Waals surface area contributed by atoms with Gasteiger partial charge in [-0.3, -0.25) is 20.2 Å². The Hall–Kier alpha value is -4.52. The number of hydrogen-bond donors (Lipinski definition) is 0. The standard InChI is InChI=1S/C24H16N2O5/c27-25(28)19-11-13-23(21(15-19)17-7-3-1-4-8-17)31-24-14-12-20(26(29)30)16-22(24)18-9-5-2-6-10-18/h1-16H. The molecule has 0 fully saturated rings. The van der Waals surface area contributed by atoms with Crippen LogP contribution in [0.25, 0.3) is 22.3 Å². The second-order valence-corrected chi connectivity index (χ2v) is 6.71. The number of nitro benzene ring substituents is 2. The van der Waals surface area contributed by atoms with Gasteiger partial charge in [-0.2, -0.15) is 0 Å². The molecule has 0 spiro atoms. The first-order valence-corrected chi connectivity index (χ1v) is 9.38. The van der Waals surface area contributed by atoms with Crippen molar-refractivity contribution in [3.05, 3.63) is 117 Å². The predicted octanol–water partition coefficient (Wildman–Crippen LogP) is 6.63. The maximum atomic E-state index is 11.3. The van der Waals surface area contributed by atoms with E-state index >= 15 is 0 Å². The fourth-order valence-electron chi connectivity index (χ4n) is 3.25. The van der Waals surface area contributed by atoms with Crippen LogP contribution in [0.4, 0.5) is 11.4 Å². The molecule has 0 aromatic heterocycles. The van der Waals surface area contributed by atoms with E-state index in [0.29, 0.717) is 22.6 Å². The molecule has 7 nitrogen and oxygen atoms in total. The number of nitrogens with zero attached hydrogens (tertiary/aromatic N) is 2. The van der Waals surface area contributed by atoms with E-state index in [4.69, 9.17) is 4.74 Å². The Morgan fingerprint density at radius 3 is 1.29 bits per heavy atom.